The molecule has 2 nitrogen and oxygen atoms in total. The van der Waals surface area contributed by atoms with Crippen molar-refractivity contribution in [3.05, 3.63) is 35.6 Å². The molecule has 0 aliphatic rings. The maximum absolute atomic E-state index is 12.9. The van der Waals surface area contributed by atoms with Crippen molar-refractivity contribution in [1.82, 2.24) is 4.90 Å². The molecule has 0 fully saturated rings. The minimum Gasteiger partial charge on any atom is -0.329 e. The number of hydrogen-bond acceptors (Lipinski definition) is 1. The normalized spacial score (nSPS) is 12.4. The number of rotatable bonds is 1. The molecule has 1 aromatic carbocycles. The van der Waals surface area contributed by atoms with Crippen molar-refractivity contribution in [2.24, 2.45) is 0 Å². The van der Waals surface area contributed by atoms with E-state index < -0.39 is 0 Å². The molecule has 0 saturated heterocycles. The van der Waals surface area contributed by atoms with E-state index in [1.807, 2.05) is 46.4 Å². The predicted octanol–water partition coefficient (Wildman–Crippen LogP) is 3.86. The monoisotopic (exact) mass is 251 g/mol. The number of carbonyl (C=O) groups is 1. The maximum atomic E-state index is 12.9. The molecular formula is C15H22FNO. The molecule has 0 saturated carbocycles. The van der Waals surface area contributed by atoms with E-state index in [0.717, 1.165) is 0 Å². The molecule has 0 unspecified atom stereocenters. The van der Waals surface area contributed by atoms with Gasteiger partial charge in [-0.3, -0.25) is 4.79 Å². The summed E-state index contributed by atoms with van der Waals surface area (Å²) in [5, 5.41) is 0. The number of nitrogens with zero attached hydrogens (tertiary/aromatic N) is 1. The average Bonchev–Trinajstić information content (AvgIpc) is 2.13. The first-order valence-corrected chi connectivity index (χ1v) is 6.14. The van der Waals surface area contributed by atoms with Crippen molar-refractivity contribution in [2.45, 2.75) is 52.6 Å². The molecule has 0 N–H and O–H groups in total. The van der Waals surface area contributed by atoms with Crippen LogP contribution in [-0.4, -0.2) is 21.9 Å². The van der Waals surface area contributed by atoms with Gasteiger partial charge in [0.15, 0.2) is 0 Å². The van der Waals surface area contributed by atoms with Crippen LogP contribution in [0, 0.1) is 5.82 Å². The highest BCUT2D eigenvalue weighted by atomic mass is 19.1. The van der Waals surface area contributed by atoms with E-state index in [1.54, 1.807) is 0 Å². The van der Waals surface area contributed by atoms with E-state index in [4.69, 9.17) is 0 Å². The van der Waals surface area contributed by atoms with Crippen LogP contribution in [0.4, 0.5) is 4.39 Å². The Kier molecular flexibility index (Phi) is 3.84. The summed E-state index contributed by atoms with van der Waals surface area (Å²) >= 11 is 0. The molecule has 0 radical (unpaired) electrons. The molecule has 1 rings (SSSR count). The lowest BCUT2D eigenvalue weighted by Crippen LogP contribution is -2.55. The topological polar surface area (TPSA) is 20.3 Å². The third-order valence-electron chi connectivity index (χ3n) is 2.64. The molecule has 18 heavy (non-hydrogen) atoms. The molecule has 1 aromatic rings. The highest BCUT2D eigenvalue weighted by Crippen LogP contribution is 2.27. The van der Waals surface area contributed by atoms with Crippen LogP contribution >= 0.6 is 0 Å². The van der Waals surface area contributed by atoms with Gasteiger partial charge in [0.25, 0.3) is 5.91 Å². The SMILES string of the molecule is CC(C)(C)N(C(=O)c1ccc(F)cc1)C(C)(C)C. The lowest BCUT2D eigenvalue weighted by molar-refractivity contribution is 0.0271. The number of hydrogen-bond donors (Lipinski definition) is 0. The Labute approximate surface area is 109 Å². The quantitative estimate of drug-likeness (QED) is 0.742. The van der Waals surface area contributed by atoms with Gasteiger partial charge >= 0.3 is 0 Å². The Morgan fingerprint density at radius 1 is 0.944 bits per heavy atom. The van der Waals surface area contributed by atoms with Crippen molar-refractivity contribution < 1.29 is 9.18 Å². The van der Waals surface area contributed by atoms with Crippen molar-refractivity contribution >= 4 is 5.91 Å². The first-order chi connectivity index (χ1) is 8.03. The second kappa shape index (κ2) is 4.71. The van der Waals surface area contributed by atoms with Crippen LogP contribution in [-0.2, 0) is 0 Å². The van der Waals surface area contributed by atoms with Gasteiger partial charge in [-0.25, -0.2) is 4.39 Å². The molecular weight excluding hydrogens is 229 g/mol. The summed E-state index contributed by atoms with van der Waals surface area (Å²) in [7, 11) is 0. The molecule has 3 heteroatoms. The van der Waals surface area contributed by atoms with Gasteiger partial charge in [-0.2, -0.15) is 0 Å². The van der Waals surface area contributed by atoms with Crippen LogP contribution in [0.25, 0.3) is 0 Å². The minimum atomic E-state index is -0.329. The van der Waals surface area contributed by atoms with Gasteiger partial charge in [-0.1, -0.05) is 0 Å². The number of benzene rings is 1. The third kappa shape index (κ3) is 3.31. The zero-order valence-electron chi connectivity index (χ0n) is 12.0. The summed E-state index contributed by atoms with van der Waals surface area (Å²) in [6, 6.07) is 5.69. The fourth-order valence-electron chi connectivity index (χ4n) is 2.34. The Bertz CT molecular complexity index is 409. The van der Waals surface area contributed by atoms with Crippen molar-refractivity contribution in [3.8, 4) is 0 Å². The summed E-state index contributed by atoms with van der Waals surface area (Å²) in [6.45, 7) is 12.0. The van der Waals surface area contributed by atoms with E-state index in [1.165, 1.54) is 24.3 Å². The molecule has 100 valence electrons. The second-order valence-electron chi connectivity index (χ2n) is 6.49. The van der Waals surface area contributed by atoms with Crippen molar-refractivity contribution in [3.63, 3.8) is 0 Å². The van der Waals surface area contributed by atoms with E-state index >= 15 is 0 Å². The van der Waals surface area contributed by atoms with Crippen molar-refractivity contribution in [2.75, 3.05) is 0 Å². The van der Waals surface area contributed by atoms with Gasteiger partial charge < -0.3 is 4.90 Å². The van der Waals surface area contributed by atoms with Crippen LogP contribution in [0.5, 0.6) is 0 Å². The van der Waals surface area contributed by atoms with Gasteiger partial charge in [0.05, 0.1) is 0 Å². The molecule has 1 amide bonds. The Morgan fingerprint density at radius 2 is 1.33 bits per heavy atom. The highest BCUT2D eigenvalue weighted by molar-refractivity contribution is 5.95. The van der Waals surface area contributed by atoms with Crippen LogP contribution in [0.2, 0.25) is 0 Å². The molecule has 0 spiro atoms. The summed E-state index contributed by atoms with van der Waals surface area (Å²) in [6.07, 6.45) is 0. The van der Waals surface area contributed by atoms with E-state index in [2.05, 4.69) is 0 Å². The fourth-order valence-corrected chi connectivity index (χ4v) is 2.34. The number of amides is 1. The first-order valence-electron chi connectivity index (χ1n) is 6.14. The second-order valence-corrected chi connectivity index (χ2v) is 6.49. The smallest absolute Gasteiger partial charge is 0.254 e. The van der Waals surface area contributed by atoms with Crippen molar-refractivity contribution in [1.29, 1.82) is 0 Å². The lowest BCUT2D eigenvalue weighted by atomic mass is 9.94. The fraction of sp³-hybridized carbons (Fsp3) is 0.533. The molecule has 0 aromatic heterocycles. The summed E-state index contributed by atoms with van der Waals surface area (Å²) in [5.74, 6) is -0.403. The standard InChI is InChI=1S/C15H22FNO/c1-14(2,3)17(15(4,5)6)13(18)11-7-9-12(16)10-8-11/h7-10H,1-6H3. The predicted molar refractivity (Wildman–Crippen MR) is 72.1 cm³/mol. The zero-order chi connectivity index (χ0) is 14.1. The van der Waals surface area contributed by atoms with Gasteiger partial charge in [-0.05, 0) is 65.8 Å². The molecule has 0 aliphatic carbocycles. The largest absolute Gasteiger partial charge is 0.329 e. The van der Waals surface area contributed by atoms with E-state index in [9.17, 15) is 9.18 Å². The van der Waals surface area contributed by atoms with Crippen LogP contribution in [0.1, 0.15) is 51.9 Å². The highest BCUT2D eigenvalue weighted by Gasteiger charge is 2.35. The van der Waals surface area contributed by atoms with Gasteiger partial charge in [0, 0.05) is 16.6 Å². The first kappa shape index (κ1) is 14.7. The zero-order valence-corrected chi connectivity index (χ0v) is 12.0. The van der Waals surface area contributed by atoms with E-state index in [-0.39, 0.29) is 22.8 Å². The van der Waals surface area contributed by atoms with E-state index in [0.29, 0.717) is 5.56 Å². The van der Waals surface area contributed by atoms with Gasteiger partial charge in [0.1, 0.15) is 5.82 Å². The Balaban J connectivity index is 3.16. The number of halogens is 1. The molecule has 0 bridgehead atoms. The maximum Gasteiger partial charge on any atom is 0.254 e. The third-order valence-corrected chi connectivity index (χ3v) is 2.64. The van der Waals surface area contributed by atoms with Crippen LogP contribution < -0.4 is 0 Å². The summed E-state index contributed by atoms with van der Waals surface area (Å²) < 4.78 is 12.9. The lowest BCUT2D eigenvalue weighted by Gasteiger charge is -2.45. The Hall–Kier alpha value is -1.38. The summed E-state index contributed by atoms with van der Waals surface area (Å²) in [4.78, 5) is 14.4. The Morgan fingerprint density at radius 3 is 1.67 bits per heavy atom. The van der Waals surface area contributed by atoms with Gasteiger partial charge in [0.2, 0.25) is 0 Å². The van der Waals surface area contributed by atoms with Gasteiger partial charge in [-0.15, -0.1) is 0 Å². The van der Waals surface area contributed by atoms with Crippen LogP contribution in [0.3, 0.4) is 0 Å². The number of carbonyl (C=O) groups excluding carboxylic acids is 1. The summed E-state index contributed by atoms with van der Waals surface area (Å²) in [5.41, 5.74) is -0.0609. The molecule has 0 atom stereocenters. The van der Waals surface area contributed by atoms with Crippen LogP contribution in [0.15, 0.2) is 24.3 Å². The average molecular weight is 251 g/mol. The molecule has 0 aliphatic heterocycles. The molecule has 0 heterocycles. The minimum absolute atomic E-state index is 0.0741.